The fourth-order valence-corrected chi connectivity index (χ4v) is 3.67. The average Bonchev–Trinajstić information content (AvgIpc) is 2.73. The summed E-state index contributed by atoms with van der Waals surface area (Å²) in [5, 5.41) is 4.13. The molecule has 0 radical (unpaired) electrons. The molecule has 0 aliphatic heterocycles. The van der Waals surface area contributed by atoms with Gasteiger partial charge in [-0.3, -0.25) is 4.79 Å². The zero-order valence-corrected chi connectivity index (χ0v) is 18.7. The van der Waals surface area contributed by atoms with Gasteiger partial charge in [-0.1, -0.05) is 43.6 Å². The predicted molar refractivity (Wildman–Crippen MR) is 123 cm³/mol. The Balaban J connectivity index is 1.93. The lowest BCUT2D eigenvalue weighted by atomic mass is 10.1. The number of rotatable bonds is 7. The Labute approximate surface area is 185 Å². The van der Waals surface area contributed by atoms with Crippen LogP contribution in [0.25, 0.3) is 10.9 Å². The second kappa shape index (κ2) is 9.75. The van der Waals surface area contributed by atoms with Gasteiger partial charge in [0.25, 0.3) is 0 Å². The van der Waals surface area contributed by atoms with E-state index in [2.05, 4.69) is 10.3 Å². The molecular weight excluding hydrogens is 418 g/mol. The number of fused-ring (bicyclic) bond motifs is 1. The first kappa shape index (κ1) is 22.5. The van der Waals surface area contributed by atoms with Crippen LogP contribution in [-0.4, -0.2) is 36.7 Å². The van der Waals surface area contributed by atoms with E-state index in [1.165, 1.54) is 20.3 Å². The predicted octanol–water partition coefficient (Wildman–Crippen LogP) is 4.89. The maximum absolute atomic E-state index is 13.2. The molecule has 2 amide bonds. The maximum atomic E-state index is 13.2. The number of methoxy groups -OCH3 is 2. The zero-order chi connectivity index (χ0) is 22.5. The minimum Gasteiger partial charge on any atom is -0.495 e. The highest BCUT2D eigenvalue weighted by Crippen LogP contribution is 2.36. The van der Waals surface area contributed by atoms with Crippen LogP contribution in [0.3, 0.4) is 0 Å². The topological polar surface area (TPSA) is 83.7 Å². The van der Waals surface area contributed by atoms with E-state index in [0.717, 1.165) is 16.5 Å². The number of aromatic amines is 1. The fraction of sp³-hybridized carbons (Fsp3) is 0.304. The third-order valence-corrected chi connectivity index (χ3v) is 5.08. The number of carbonyl (C=O) groups is 1. The Bertz CT molecular complexity index is 1140. The Hall–Kier alpha value is -3.19. The lowest BCUT2D eigenvalue weighted by Crippen LogP contribution is -2.37. The molecule has 2 aromatic carbocycles. The van der Waals surface area contributed by atoms with Crippen LogP contribution < -0.4 is 20.3 Å². The molecule has 0 aliphatic carbocycles. The highest BCUT2D eigenvalue weighted by atomic mass is 35.5. The van der Waals surface area contributed by atoms with Crippen LogP contribution in [0, 0.1) is 5.92 Å². The van der Waals surface area contributed by atoms with E-state index in [1.54, 1.807) is 17.0 Å². The Morgan fingerprint density at radius 1 is 1.13 bits per heavy atom. The van der Waals surface area contributed by atoms with Crippen LogP contribution in [0.5, 0.6) is 11.5 Å². The van der Waals surface area contributed by atoms with Gasteiger partial charge in [0.2, 0.25) is 5.56 Å². The monoisotopic (exact) mass is 443 g/mol. The normalized spacial score (nSPS) is 10.9. The van der Waals surface area contributed by atoms with E-state index in [0.29, 0.717) is 28.8 Å². The summed E-state index contributed by atoms with van der Waals surface area (Å²) < 4.78 is 10.6. The van der Waals surface area contributed by atoms with Gasteiger partial charge in [0.15, 0.2) is 0 Å². The number of H-pyrrole nitrogens is 1. The van der Waals surface area contributed by atoms with E-state index in [1.807, 2.05) is 38.1 Å². The molecule has 3 aromatic rings. The van der Waals surface area contributed by atoms with Crippen molar-refractivity contribution in [2.75, 3.05) is 26.1 Å². The smallest absolute Gasteiger partial charge is 0.322 e. The Morgan fingerprint density at radius 2 is 1.84 bits per heavy atom. The summed E-state index contributed by atoms with van der Waals surface area (Å²) in [5.41, 5.74) is 1.73. The van der Waals surface area contributed by atoms with Gasteiger partial charge in [-0.05, 0) is 23.6 Å². The first-order valence-corrected chi connectivity index (χ1v) is 10.3. The van der Waals surface area contributed by atoms with Gasteiger partial charge in [0.05, 0.1) is 24.9 Å². The van der Waals surface area contributed by atoms with Gasteiger partial charge >= 0.3 is 6.03 Å². The van der Waals surface area contributed by atoms with Gasteiger partial charge in [0, 0.05) is 36.1 Å². The molecule has 1 heterocycles. The molecule has 3 rings (SSSR count). The molecule has 0 aliphatic rings. The van der Waals surface area contributed by atoms with E-state index in [-0.39, 0.29) is 24.1 Å². The maximum Gasteiger partial charge on any atom is 0.322 e. The molecule has 0 spiro atoms. The summed E-state index contributed by atoms with van der Waals surface area (Å²) in [5.74, 6) is 1.10. The highest BCUT2D eigenvalue weighted by molar-refractivity contribution is 6.32. The van der Waals surface area contributed by atoms with Crippen molar-refractivity contribution in [3.05, 3.63) is 63.4 Å². The number of para-hydroxylation sites is 1. The number of hydrogen-bond donors (Lipinski definition) is 2. The SMILES string of the molecule is COc1cc(OC)c(NC(=O)N(Cc2cc(=O)[nH]c3ccccc23)CC(C)C)cc1Cl. The Morgan fingerprint density at radius 3 is 2.52 bits per heavy atom. The third kappa shape index (κ3) is 5.30. The van der Waals surface area contributed by atoms with Crippen molar-refractivity contribution < 1.29 is 14.3 Å². The minimum atomic E-state index is -0.322. The van der Waals surface area contributed by atoms with Crippen molar-refractivity contribution >= 4 is 34.2 Å². The molecule has 0 saturated heterocycles. The van der Waals surface area contributed by atoms with Crippen LogP contribution in [-0.2, 0) is 6.54 Å². The number of amides is 2. The molecule has 0 bridgehead atoms. The summed E-state index contributed by atoms with van der Waals surface area (Å²) in [4.78, 5) is 29.8. The van der Waals surface area contributed by atoms with Crippen LogP contribution >= 0.6 is 11.6 Å². The van der Waals surface area contributed by atoms with Crippen molar-refractivity contribution in [1.82, 2.24) is 9.88 Å². The number of aromatic nitrogens is 1. The first-order valence-electron chi connectivity index (χ1n) is 9.90. The summed E-state index contributed by atoms with van der Waals surface area (Å²) in [6, 6.07) is 12.0. The van der Waals surface area contributed by atoms with Crippen molar-refractivity contribution in [3.8, 4) is 11.5 Å². The second-order valence-electron chi connectivity index (χ2n) is 7.60. The second-order valence-corrected chi connectivity index (χ2v) is 8.00. The van der Waals surface area contributed by atoms with Crippen molar-refractivity contribution in [1.29, 1.82) is 0 Å². The van der Waals surface area contributed by atoms with E-state index in [9.17, 15) is 9.59 Å². The molecule has 1 aromatic heterocycles. The number of benzene rings is 2. The number of ether oxygens (including phenoxy) is 2. The Kier molecular flexibility index (Phi) is 7.07. The number of nitrogens with zero attached hydrogens (tertiary/aromatic N) is 1. The lowest BCUT2D eigenvalue weighted by Gasteiger charge is -2.26. The van der Waals surface area contributed by atoms with Crippen molar-refractivity contribution in [2.24, 2.45) is 5.92 Å². The largest absolute Gasteiger partial charge is 0.495 e. The van der Waals surface area contributed by atoms with Crippen molar-refractivity contribution in [3.63, 3.8) is 0 Å². The van der Waals surface area contributed by atoms with E-state index < -0.39 is 0 Å². The fourth-order valence-electron chi connectivity index (χ4n) is 3.43. The zero-order valence-electron chi connectivity index (χ0n) is 18.0. The number of halogens is 1. The molecule has 0 fully saturated rings. The van der Waals surface area contributed by atoms with E-state index in [4.69, 9.17) is 21.1 Å². The lowest BCUT2D eigenvalue weighted by molar-refractivity contribution is 0.201. The summed E-state index contributed by atoms with van der Waals surface area (Å²) in [6.07, 6.45) is 0. The van der Waals surface area contributed by atoms with Gasteiger partial charge in [-0.25, -0.2) is 4.79 Å². The summed E-state index contributed by atoms with van der Waals surface area (Å²) in [7, 11) is 3.02. The molecule has 8 heteroatoms. The molecule has 0 saturated carbocycles. The molecule has 0 atom stereocenters. The minimum absolute atomic E-state index is 0.206. The quantitative estimate of drug-likeness (QED) is 0.544. The van der Waals surface area contributed by atoms with Gasteiger partial charge < -0.3 is 24.7 Å². The third-order valence-electron chi connectivity index (χ3n) is 4.79. The van der Waals surface area contributed by atoms with Crippen LogP contribution in [0.15, 0.2) is 47.3 Å². The number of carbonyl (C=O) groups excluding carboxylic acids is 1. The molecule has 164 valence electrons. The molecule has 31 heavy (non-hydrogen) atoms. The summed E-state index contributed by atoms with van der Waals surface area (Å²) >= 11 is 6.23. The van der Waals surface area contributed by atoms with Gasteiger partial charge in [0.1, 0.15) is 11.5 Å². The molecule has 2 N–H and O–H groups in total. The molecule has 0 unspecified atom stereocenters. The first-order chi connectivity index (χ1) is 14.8. The number of nitrogens with one attached hydrogen (secondary N) is 2. The van der Waals surface area contributed by atoms with Gasteiger partial charge in [-0.2, -0.15) is 0 Å². The number of urea groups is 1. The van der Waals surface area contributed by atoms with Crippen LogP contribution in [0.1, 0.15) is 19.4 Å². The van der Waals surface area contributed by atoms with Crippen molar-refractivity contribution in [2.45, 2.75) is 20.4 Å². The number of hydrogen-bond acceptors (Lipinski definition) is 4. The molecule has 7 nitrogen and oxygen atoms in total. The number of anilines is 1. The van der Waals surface area contributed by atoms with E-state index >= 15 is 0 Å². The van der Waals surface area contributed by atoms with Gasteiger partial charge in [-0.15, -0.1) is 0 Å². The average molecular weight is 444 g/mol. The highest BCUT2D eigenvalue weighted by Gasteiger charge is 2.20. The number of pyridine rings is 1. The summed E-state index contributed by atoms with van der Waals surface area (Å²) in [6.45, 7) is 4.84. The molecular formula is C23H26ClN3O4. The van der Waals surface area contributed by atoms with Crippen LogP contribution in [0.2, 0.25) is 5.02 Å². The van der Waals surface area contributed by atoms with Crippen LogP contribution in [0.4, 0.5) is 10.5 Å². The standard InChI is InChI=1S/C23H26ClN3O4/c1-14(2)12-27(13-15-9-22(28)25-18-8-6-5-7-16(15)18)23(29)26-19-10-17(24)20(30-3)11-21(19)31-4/h5-11,14H,12-13H2,1-4H3,(H,25,28)(H,26,29).